The van der Waals surface area contributed by atoms with Crippen LogP contribution in [-0.4, -0.2) is 29.3 Å². The van der Waals surface area contributed by atoms with Gasteiger partial charge in [-0.1, -0.05) is 25.2 Å². The van der Waals surface area contributed by atoms with E-state index < -0.39 is 0 Å². The third-order valence-corrected chi connectivity index (χ3v) is 3.41. The second-order valence-electron chi connectivity index (χ2n) is 4.39. The summed E-state index contributed by atoms with van der Waals surface area (Å²) >= 11 is 1.56. The Kier molecular flexibility index (Phi) is 2.69. The molecule has 0 bridgehead atoms. The van der Waals surface area contributed by atoms with Crippen molar-refractivity contribution in [2.75, 3.05) is 18.4 Å². The topological polar surface area (TPSA) is 49.8 Å². The summed E-state index contributed by atoms with van der Waals surface area (Å²) in [6.07, 6.45) is 1.15. The van der Waals surface area contributed by atoms with Crippen LogP contribution in [0.3, 0.4) is 0 Å². The molecule has 2 heterocycles. The number of nitrogens with one attached hydrogen (secondary N) is 2. The summed E-state index contributed by atoms with van der Waals surface area (Å²) in [6.45, 7) is 6.69. The minimum atomic E-state index is 0.282. The molecule has 1 fully saturated rings. The quantitative estimate of drug-likeness (QED) is 0.776. The van der Waals surface area contributed by atoms with Crippen molar-refractivity contribution in [1.82, 2.24) is 15.5 Å². The van der Waals surface area contributed by atoms with Gasteiger partial charge >= 0.3 is 0 Å². The van der Waals surface area contributed by atoms with Crippen molar-refractivity contribution >= 4 is 16.5 Å². The van der Waals surface area contributed by atoms with Crippen LogP contribution in [-0.2, 0) is 0 Å². The van der Waals surface area contributed by atoms with Crippen LogP contribution in [0.5, 0.6) is 0 Å². The van der Waals surface area contributed by atoms with Gasteiger partial charge in [-0.15, -0.1) is 10.2 Å². The average molecular weight is 212 g/mol. The Hall–Kier alpha value is -0.680. The molecular formula is C9H16N4S. The molecule has 4 nitrogen and oxygen atoms in total. The molecule has 1 aromatic rings. The van der Waals surface area contributed by atoms with Gasteiger partial charge in [0, 0.05) is 12.6 Å². The van der Waals surface area contributed by atoms with Gasteiger partial charge in [-0.25, -0.2) is 0 Å². The fraction of sp³-hybridized carbons (Fsp3) is 0.778. The van der Waals surface area contributed by atoms with Crippen LogP contribution in [0.2, 0.25) is 0 Å². The minimum Gasteiger partial charge on any atom is -0.357 e. The molecule has 5 heteroatoms. The maximum Gasteiger partial charge on any atom is 0.205 e. The molecular weight excluding hydrogens is 196 g/mol. The van der Waals surface area contributed by atoms with Crippen LogP contribution < -0.4 is 10.6 Å². The number of nitrogens with zero attached hydrogens (tertiary/aromatic N) is 2. The van der Waals surface area contributed by atoms with E-state index in [1.165, 1.54) is 0 Å². The fourth-order valence-corrected chi connectivity index (χ4v) is 2.32. The van der Waals surface area contributed by atoms with Crippen LogP contribution in [0.25, 0.3) is 0 Å². The molecule has 78 valence electrons. The largest absolute Gasteiger partial charge is 0.357 e. The zero-order valence-electron chi connectivity index (χ0n) is 8.58. The first-order valence-corrected chi connectivity index (χ1v) is 5.80. The summed E-state index contributed by atoms with van der Waals surface area (Å²) in [5, 5.41) is 15.6. The maximum absolute atomic E-state index is 4.01. The molecule has 1 aromatic heterocycles. The summed E-state index contributed by atoms with van der Waals surface area (Å²) in [5.41, 5.74) is 2.04. The van der Waals surface area contributed by atoms with Crippen molar-refractivity contribution < 1.29 is 0 Å². The van der Waals surface area contributed by atoms with Gasteiger partial charge in [0.05, 0.1) is 0 Å². The Morgan fingerprint density at radius 3 is 3.14 bits per heavy atom. The number of aromatic nitrogens is 2. The molecule has 1 aliphatic heterocycles. The van der Waals surface area contributed by atoms with E-state index >= 15 is 0 Å². The standard InChI is InChI=1S/C9H16N4S/c1-9(2)5-10-4-3-7(9)12-8-13-11-6-14-8/h6-7,10H,3-5H2,1-2H3,(H,12,13). The van der Waals surface area contributed by atoms with Crippen molar-refractivity contribution in [2.24, 2.45) is 5.41 Å². The molecule has 0 amide bonds. The number of piperidine rings is 1. The summed E-state index contributed by atoms with van der Waals surface area (Å²) < 4.78 is 0. The van der Waals surface area contributed by atoms with E-state index in [-0.39, 0.29) is 5.41 Å². The van der Waals surface area contributed by atoms with Gasteiger partial charge in [-0.3, -0.25) is 0 Å². The molecule has 1 atom stereocenters. The lowest BCUT2D eigenvalue weighted by molar-refractivity contribution is 0.236. The van der Waals surface area contributed by atoms with Gasteiger partial charge < -0.3 is 10.6 Å². The van der Waals surface area contributed by atoms with Gasteiger partial charge in [0.15, 0.2) is 0 Å². The normalized spacial score (nSPS) is 26.0. The van der Waals surface area contributed by atoms with E-state index in [4.69, 9.17) is 0 Å². The van der Waals surface area contributed by atoms with Crippen molar-refractivity contribution in [1.29, 1.82) is 0 Å². The van der Waals surface area contributed by atoms with Crippen molar-refractivity contribution in [2.45, 2.75) is 26.3 Å². The molecule has 2 N–H and O–H groups in total. The van der Waals surface area contributed by atoms with Crippen LogP contribution >= 0.6 is 11.3 Å². The number of hydrogen-bond donors (Lipinski definition) is 2. The van der Waals surface area contributed by atoms with E-state index in [1.807, 2.05) is 0 Å². The minimum absolute atomic E-state index is 0.282. The molecule has 14 heavy (non-hydrogen) atoms. The first kappa shape index (κ1) is 9.86. The highest BCUT2D eigenvalue weighted by Crippen LogP contribution is 2.28. The summed E-state index contributed by atoms with van der Waals surface area (Å²) in [4.78, 5) is 0. The lowest BCUT2D eigenvalue weighted by Gasteiger charge is -2.39. The maximum atomic E-state index is 4.01. The zero-order valence-corrected chi connectivity index (χ0v) is 9.40. The lowest BCUT2D eigenvalue weighted by atomic mass is 9.80. The highest BCUT2D eigenvalue weighted by Gasteiger charge is 2.32. The van der Waals surface area contributed by atoms with Crippen LogP contribution in [0.1, 0.15) is 20.3 Å². The van der Waals surface area contributed by atoms with E-state index in [0.717, 1.165) is 24.6 Å². The Balaban J connectivity index is 2.02. The Morgan fingerprint density at radius 1 is 1.64 bits per heavy atom. The average Bonchev–Trinajstić information content (AvgIpc) is 2.61. The summed E-state index contributed by atoms with van der Waals surface area (Å²) in [5.74, 6) is 0. The number of rotatable bonds is 2. The second kappa shape index (κ2) is 3.82. The fourth-order valence-electron chi connectivity index (χ4n) is 1.82. The molecule has 0 aliphatic carbocycles. The Labute approximate surface area is 88.1 Å². The predicted molar refractivity (Wildman–Crippen MR) is 58.6 cm³/mol. The highest BCUT2D eigenvalue weighted by molar-refractivity contribution is 7.13. The van der Waals surface area contributed by atoms with E-state index in [2.05, 4.69) is 34.7 Å². The van der Waals surface area contributed by atoms with Crippen molar-refractivity contribution in [3.05, 3.63) is 5.51 Å². The monoisotopic (exact) mass is 212 g/mol. The van der Waals surface area contributed by atoms with E-state index in [0.29, 0.717) is 6.04 Å². The molecule has 1 aliphatic rings. The third-order valence-electron chi connectivity index (χ3n) is 2.79. The second-order valence-corrected chi connectivity index (χ2v) is 5.23. The van der Waals surface area contributed by atoms with Crippen molar-refractivity contribution in [3.8, 4) is 0 Å². The SMILES string of the molecule is CC1(C)CNCCC1Nc1nncs1. The summed E-state index contributed by atoms with van der Waals surface area (Å²) in [6, 6.07) is 0.497. The molecule has 1 saturated heterocycles. The smallest absolute Gasteiger partial charge is 0.205 e. The molecule has 1 unspecified atom stereocenters. The number of hydrogen-bond acceptors (Lipinski definition) is 5. The number of anilines is 1. The predicted octanol–water partition coefficient (Wildman–Crippen LogP) is 1.34. The molecule has 0 spiro atoms. The van der Waals surface area contributed by atoms with E-state index in [9.17, 15) is 0 Å². The van der Waals surface area contributed by atoms with Gasteiger partial charge in [0.25, 0.3) is 0 Å². The van der Waals surface area contributed by atoms with Crippen LogP contribution in [0.15, 0.2) is 5.51 Å². The Morgan fingerprint density at radius 2 is 2.50 bits per heavy atom. The van der Waals surface area contributed by atoms with Crippen LogP contribution in [0, 0.1) is 5.41 Å². The molecule has 0 aromatic carbocycles. The van der Waals surface area contributed by atoms with Gasteiger partial charge in [0.2, 0.25) is 5.13 Å². The lowest BCUT2D eigenvalue weighted by Crippen LogP contribution is -2.49. The van der Waals surface area contributed by atoms with Crippen LogP contribution in [0.4, 0.5) is 5.13 Å². The van der Waals surface area contributed by atoms with E-state index in [1.54, 1.807) is 16.8 Å². The first-order valence-electron chi connectivity index (χ1n) is 4.92. The molecule has 2 rings (SSSR count). The highest BCUT2D eigenvalue weighted by atomic mass is 32.1. The van der Waals surface area contributed by atoms with Gasteiger partial charge in [0.1, 0.15) is 5.51 Å². The third kappa shape index (κ3) is 2.04. The molecule has 0 radical (unpaired) electrons. The summed E-state index contributed by atoms with van der Waals surface area (Å²) in [7, 11) is 0. The van der Waals surface area contributed by atoms with Crippen molar-refractivity contribution in [3.63, 3.8) is 0 Å². The van der Waals surface area contributed by atoms with Gasteiger partial charge in [-0.2, -0.15) is 0 Å². The van der Waals surface area contributed by atoms with Gasteiger partial charge in [-0.05, 0) is 18.4 Å². The Bertz CT molecular complexity index is 283. The first-order chi connectivity index (χ1) is 6.68. The zero-order chi connectivity index (χ0) is 10.0. The molecule has 0 saturated carbocycles.